The van der Waals surface area contributed by atoms with E-state index in [1.165, 1.54) is 14.2 Å². The summed E-state index contributed by atoms with van der Waals surface area (Å²) in [6, 6.07) is 2.32. The van der Waals surface area contributed by atoms with Gasteiger partial charge in [-0.1, -0.05) is 0 Å². The van der Waals surface area contributed by atoms with Crippen molar-refractivity contribution in [3.05, 3.63) is 23.3 Å². The Labute approximate surface area is 91.0 Å². The van der Waals surface area contributed by atoms with Gasteiger partial charge in [0, 0.05) is 0 Å². The maximum absolute atomic E-state index is 10.8. The minimum absolute atomic E-state index is 0.102. The second-order valence-corrected chi connectivity index (χ2v) is 2.84. The van der Waals surface area contributed by atoms with Crippen molar-refractivity contribution < 1.29 is 29.3 Å². The topological polar surface area (TPSA) is 93.1 Å². The summed E-state index contributed by atoms with van der Waals surface area (Å²) in [6.45, 7) is 0. The third kappa shape index (κ3) is 1.90. The van der Waals surface area contributed by atoms with Crippen LogP contribution in [0.15, 0.2) is 12.1 Å². The van der Waals surface area contributed by atoms with E-state index in [2.05, 4.69) is 0 Å². The largest absolute Gasteiger partial charge is 0.492 e. The molecule has 0 atom stereocenters. The molecule has 0 aliphatic carbocycles. The zero-order chi connectivity index (χ0) is 12.3. The zero-order valence-electron chi connectivity index (χ0n) is 8.68. The molecule has 0 unspecified atom stereocenters. The summed E-state index contributed by atoms with van der Waals surface area (Å²) in [5, 5.41) is 17.7. The molecule has 1 aromatic carbocycles. The first-order valence-corrected chi connectivity index (χ1v) is 4.24. The highest BCUT2D eigenvalue weighted by molar-refractivity contribution is 5.98. The highest BCUT2D eigenvalue weighted by atomic mass is 16.5. The normalized spacial score (nSPS) is 9.62. The Morgan fingerprint density at radius 3 is 1.44 bits per heavy atom. The molecule has 2 N–H and O–H groups in total. The van der Waals surface area contributed by atoms with Gasteiger partial charge < -0.3 is 19.7 Å². The Morgan fingerprint density at radius 2 is 1.25 bits per heavy atom. The first kappa shape index (κ1) is 11.8. The summed E-state index contributed by atoms with van der Waals surface area (Å²) >= 11 is 0. The van der Waals surface area contributed by atoms with E-state index in [0.717, 1.165) is 12.1 Å². The number of benzene rings is 1. The van der Waals surface area contributed by atoms with Gasteiger partial charge in [0.15, 0.2) is 11.5 Å². The van der Waals surface area contributed by atoms with Crippen molar-refractivity contribution in [2.24, 2.45) is 0 Å². The molecular formula is C10H10O6. The molecule has 0 aliphatic rings. The van der Waals surface area contributed by atoms with Gasteiger partial charge in [0.25, 0.3) is 0 Å². The fourth-order valence-corrected chi connectivity index (χ4v) is 1.30. The molecule has 1 aromatic rings. The number of hydrogen-bond acceptors (Lipinski definition) is 4. The lowest BCUT2D eigenvalue weighted by molar-refractivity contribution is 0.0674. The summed E-state index contributed by atoms with van der Waals surface area (Å²) in [4.78, 5) is 21.7. The van der Waals surface area contributed by atoms with Crippen LogP contribution >= 0.6 is 0 Å². The third-order valence-electron chi connectivity index (χ3n) is 1.98. The highest BCUT2D eigenvalue weighted by Gasteiger charge is 2.22. The van der Waals surface area contributed by atoms with Crippen LogP contribution in [0, 0.1) is 0 Å². The van der Waals surface area contributed by atoms with Crippen LogP contribution in [-0.4, -0.2) is 36.4 Å². The fraction of sp³-hybridized carbons (Fsp3) is 0.200. The van der Waals surface area contributed by atoms with E-state index in [0.29, 0.717) is 0 Å². The van der Waals surface area contributed by atoms with Crippen molar-refractivity contribution in [3.8, 4) is 11.5 Å². The molecule has 0 amide bonds. The van der Waals surface area contributed by atoms with Gasteiger partial charge in [-0.15, -0.1) is 0 Å². The van der Waals surface area contributed by atoms with Crippen LogP contribution < -0.4 is 9.47 Å². The molecule has 0 spiro atoms. The first-order valence-electron chi connectivity index (χ1n) is 4.24. The van der Waals surface area contributed by atoms with E-state index in [9.17, 15) is 9.59 Å². The van der Waals surface area contributed by atoms with E-state index >= 15 is 0 Å². The van der Waals surface area contributed by atoms with Crippen molar-refractivity contribution in [3.63, 3.8) is 0 Å². The molecule has 86 valence electrons. The van der Waals surface area contributed by atoms with Gasteiger partial charge in [0.05, 0.1) is 14.2 Å². The van der Waals surface area contributed by atoms with E-state index in [4.69, 9.17) is 19.7 Å². The van der Waals surface area contributed by atoms with Gasteiger partial charge in [-0.25, -0.2) is 9.59 Å². The fourth-order valence-electron chi connectivity index (χ4n) is 1.30. The van der Waals surface area contributed by atoms with Crippen LogP contribution in [-0.2, 0) is 0 Å². The Kier molecular flexibility index (Phi) is 3.34. The number of carbonyl (C=O) groups is 2. The molecule has 0 bridgehead atoms. The quantitative estimate of drug-likeness (QED) is 0.798. The van der Waals surface area contributed by atoms with Gasteiger partial charge in [-0.05, 0) is 12.1 Å². The second-order valence-electron chi connectivity index (χ2n) is 2.84. The van der Waals surface area contributed by atoms with E-state index in [1.807, 2.05) is 0 Å². The molecule has 0 heterocycles. The van der Waals surface area contributed by atoms with Crippen LogP contribution in [0.1, 0.15) is 20.7 Å². The molecule has 1 rings (SSSR count). The minimum Gasteiger partial charge on any atom is -0.492 e. The maximum Gasteiger partial charge on any atom is 0.339 e. The van der Waals surface area contributed by atoms with Crippen LogP contribution in [0.2, 0.25) is 0 Å². The monoisotopic (exact) mass is 226 g/mol. The lowest BCUT2D eigenvalue weighted by atomic mass is 10.1. The van der Waals surface area contributed by atoms with Crippen LogP contribution in [0.25, 0.3) is 0 Å². The molecule has 0 aliphatic heterocycles. The Morgan fingerprint density at radius 1 is 0.938 bits per heavy atom. The number of carboxylic acids is 2. The molecule has 16 heavy (non-hydrogen) atoms. The molecule has 6 nitrogen and oxygen atoms in total. The smallest absolute Gasteiger partial charge is 0.339 e. The van der Waals surface area contributed by atoms with Crippen LogP contribution in [0.5, 0.6) is 11.5 Å². The standard InChI is InChI=1S/C10H10O6/c1-15-7-5(9(11)12)3-4-6(10(13)14)8(7)16-2/h3-4H,1-2H3,(H,11,12)(H,13,14). The number of rotatable bonds is 4. The van der Waals surface area contributed by atoms with Crippen molar-refractivity contribution in [1.29, 1.82) is 0 Å². The summed E-state index contributed by atoms with van der Waals surface area (Å²) in [7, 11) is 2.49. The van der Waals surface area contributed by atoms with Gasteiger partial charge in [0.2, 0.25) is 0 Å². The van der Waals surface area contributed by atoms with Crippen molar-refractivity contribution in [2.45, 2.75) is 0 Å². The van der Waals surface area contributed by atoms with Gasteiger partial charge >= 0.3 is 11.9 Å². The molecule has 6 heteroatoms. The number of hydrogen-bond donors (Lipinski definition) is 2. The Balaban J connectivity index is 3.52. The number of methoxy groups -OCH3 is 2. The number of ether oxygens (including phenoxy) is 2. The van der Waals surface area contributed by atoms with Crippen LogP contribution in [0.3, 0.4) is 0 Å². The Bertz CT molecular complexity index is 396. The van der Waals surface area contributed by atoms with E-state index in [1.54, 1.807) is 0 Å². The minimum atomic E-state index is -1.22. The predicted octanol–water partition coefficient (Wildman–Crippen LogP) is 1.10. The molecule has 0 saturated heterocycles. The summed E-state index contributed by atoms with van der Waals surface area (Å²) in [5.74, 6) is -2.64. The average molecular weight is 226 g/mol. The highest BCUT2D eigenvalue weighted by Crippen LogP contribution is 2.34. The lowest BCUT2D eigenvalue weighted by Gasteiger charge is -2.12. The van der Waals surface area contributed by atoms with Gasteiger partial charge in [0.1, 0.15) is 11.1 Å². The van der Waals surface area contributed by atoms with Crippen molar-refractivity contribution in [1.82, 2.24) is 0 Å². The maximum atomic E-state index is 10.8. The van der Waals surface area contributed by atoms with Gasteiger partial charge in [-0.2, -0.15) is 0 Å². The summed E-state index contributed by atoms with van der Waals surface area (Å²) in [6.07, 6.45) is 0. The molecular weight excluding hydrogens is 216 g/mol. The van der Waals surface area contributed by atoms with Gasteiger partial charge in [-0.3, -0.25) is 0 Å². The lowest BCUT2D eigenvalue weighted by Crippen LogP contribution is -2.07. The van der Waals surface area contributed by atoms with E-state index in [-0.39, 0.29) is 22.6 Å². The van der Waals surface area contributed by atoms with E-state index < -0.39 is 11.9 Å². The molecule has 0 aromatic heterocycles. The summed E-state index contributed by atoms with van der Waals surface area (Å²) < 4.78 is 9.70. The zero-order valence-corrected chi connectivity index (χ0v) is 8.68. The third-order valence-corrected chi connectivity index (χ3v) is 1.98. The molecule has 0 saturated carbocycles. The van der Waals surface area contributed by atoms with Crippen molar-refractivity contribution in [2.75, 3.05) is 14.2 Å². The summed E-state index contributed by atoms with van der Waals surface area (Å²) in [5.41, 5.74) is -0.297. The first-order chi connectivity index (χ1) is 7.52. The number of aromatic carboxylic acids is 2. The predicted molar refractivity (Wildman–Crippen MR) is 53.5 cm³/mol. The number of carboxylic acid groups (broad SMARTS) is 2. The van der Waals surface area contributed by atoms with Crippen molar-refractivity contribution >= 4 is 11.9 Å². The molecule has 0 radical (unpaired) electrons. The van der Waals surface area contributed by atoms with Crippen LogP contribution in [0.4, 0.5) is 0 Å². The second kappa shape index (κ2) is 4.52. The Hall–Kier alpha value is -2.24. The SMILES string of the molecule is COc1c(C(=O)O)ccc(C(=O)O)c1OC. The average Bonchev–Trinajstić information content (AvgIpc) is 2.26. The molecule has 0 fully saturated rings.